The van der Waals surface area contributed by atoms with E-state index < -0.39 is 16.3 Å². The van der Waals surface area contributed by atoms with Gasteiger partial charge in [0.15, 0.2) is 0 Å². The number of methoxy groups -OCH3 is 3. The van der Waals surface area contributed by atoms with Crippen LogP contribution in [0.4, 0.5) is 0 Å². The third-order valence-corrected chi connectivity index (χ3v) is 4.54. The molecule has 0 aliphatic heterocycles. The molecule has 0 heterocycles. The van der Waals surface area contributed by atoms with E-state index in [1.54, 1.807) is 21.3 Å². The van der Waals surface area contributed by atoms with E-state index in [9.17, 15) is 8.42 Å². The summed E-state index contributed by atoms with van der Waals surface area (Å²) < 4.78 is 37.6. The first kappa shape index (κ1) is 21.6. The van der Waals surface area contributed by atoms with Crippen molar-refractivity contribution in [1.82, 2.24) is 0 Å². The minimum atomic E-state index is -2.12. The fourth-order valence-corrected chi connectivity index (χ4v) is 3.11. The van der Waals surface area contributed by atoms with Gasteiger partial charge in [-0.25, -0.2) is 0 Å². The molecule has 0 aromatic carbocycles. The molecule has 0 aromatic heterocycles. The molecule has 22 heavy (non-hydrogen) atoms. The summed E-state index contributed by atoms with van der Waals surface area (Å²) in [5, 5.41) is 1.28. The van der Waals surface area contributed by atoms with Gasteiger partial charge in [0, 0.05) is 32.6 Å². The van der Waals surface area contributed by atoms with Crippen LogP contribution in [0.3, 0.4) is 0 Å². The summed E-state index contributed by atoms with van der Waals surface area (Å²) in [6.45, 7) is 2.20. The molecule has 0 aliphatic carbocycles. The second-order valence-electron chi connectivity index (χ2n) is 5.47. The van der Waals surface area contributed by atoms with E-state index in [1.807, 2.05) is 0 Å². The van der Waals surface area contributed by atoms with Crippen molar-refractivity contribution in [2.45, 2.75) is 70.7 Å². The highest BCUT2D eigenvalue weighted by Gasteiger charge is 2.39. The van der Waals surface area contributed by atoms with Crippen LogP contribution in [0, 0.1) is 5.92 Å². The third kappa shape index (κ3) is 8.27. The second kappa shape index (κ2) is 13.0. The maximum absolute atomic E-state index is 10.7. The SMILES string of the molecule is CCCCCCCCC(CCC=S(=O)=O)C(OC)(OC)OC. The Labute approximate surface area is 136 Å². The van der Waals surface area contributed by atoms with Crippen LogP contribution in [0.15, 0.2) is 0 Å². The van der Waals surface area contributed by atoms with E-state index in [2.05, 4.69) is 6.92 Å². The van der Waals surface area contributed by atoms with Crippen molar-refractivity contribution in [3.05, 3.63) is 0 Å². The summed E-state index contributed by atoms with van der Waals surface area (Å²) in [5.74, 6) is -1.10. The van der Waals surface area contributed by atoms with Gasteiger partial charge in [-0.3, -0.25) is 0 Å². The molecule has 5 nitrogen and oxygen atoms in total. The quantitative estimate of drug-likeness (QED) is 0.276. The van der Waals surface area contributed by atoms with Gasteiger partial charge in [-0.1, -0.05) is 45.4 Å². The van der Waals surface area contributed by atoms with Gasteiger partial charge in [-0.05, 0) is 19.3 Å². The molecule has 132 valence electrons. The molecule has 0 fully saturated rings. The Morgan fingerprint density at radius 2 is 1.45 bits per heavy atom. The molecular weight excluding hydrogens is 304 g/mol. The molecule has 0 bridgehead atoms. The molecule has 0 saturated carbocycles. The molecule has 0 rings (SSSR count). The van der Waals surface area contributed by atoms with Crippen LogP contribution >= 0.6 is 0 Å². The van der Waals surface area contributed by atoms with E-state index >= 15 is 0 Å². The van der Waals surface area contributed by atoms with E-state index in [1.165, 1.54) is 37.5 Å². The average Bonchev–Trinajstić information content (AvgIpc) is 2.51. The number of hydrogen-bond acceptors (Lipinski definition) is 5. The first-order valence-electron chi connectivity index (χ1n) is 8.13. The van der Waals surface area contributed by atoms with Gasteiger partial charge in [0.1, 0.15) is 0 Å². The lowest BCUT2D eigenvalue weighted by Gasteiger charge is -2.36. The minimum Gasteiger partial charge on any atom is -0.331 e. The molecule has 0 aromatic rings. The fourth-order valence-electron chi connectivity index (χ4n) is 2.78. The summed E-state index contributed by atoms with van der Waals surface area (Å²) in [7, 11) is 2.53. The first-order chi connectivity index (χ1) is 10.6. The van der Waals surface area contributed by atoms with Gasteiger partial charge in [0.2, 0.25) is 10.3 Å². The molecule has 0 spiro atoms. The van der Waals surface area contributed by atoms with E-state index in [0.717, 1.165) is 12.8 Å². The molecule has 6 heteroatoms. The predicted octanol–water partition coefficient (Wildman–Crippen LogP) is 3.41. The molecule has 1 unspecified atom stereocenters. The minimum absolute atomic E-state index is 0.00141. The second-order valence-corrected chi connectivity index (χ2v) is 6.33. The third-order valence-electron chi connectivity index (χ3n) is 4.03. The maximum Gasteiger partial charge on any atom is 0.285 e. The Kier molecular flexibility index (Phi) is 12.8. The molecule has 0 aliphatic rings. The zero-order valence-corrected chi connectivity index (χ0v) is 15.3. The highest BCUT2D eigenvalue weighted by atomic mass is 32.2. The van der Waals surface area contributed by atoms with Gasteiger partial charge in [0.05, 0.1) is 0 Å². The number of ether oxygens (including phenoxy) is 3. The van der Waals surface area contributed by atoms with Crippen molar-refractivity contribution >= 4 is 15.7 Å². The Hall–Kier alpha value is -0.430. The van der Waals surface area contributed by atoms with Crippen LogP contribution in [-0.4, -0.2) is 41.1 Å². The monoisotopic (exact) mass is 336 g/mol. The van der Waals surface area contributed by atoms with Crippen molar-refractivity contribution < 1.29 is 22.6 Å². The van der Waals surface area contributed by atoms with Crippen molar-refractivity contribution in [2.24, 2.45) is 5.92 Å². The molecule has 0 saturated heterocycles. The van der Waals surface area contributed by atoms with E-state index in [-0.39, 0.29) is 5.92 Å². The van der Waals surface area contributed by atoms with Crippen LogP contribution in [0.1, 0.15) is 64.7 Å². The zero-order chi connectivity index (χ0) is 16.8. The number of rotatable bonds is 14. The van der Waals surface area contributed by atoms with Crippen molar-refractivity contribution in [2.75, 3.05) is 21.3 Å². The Morgan fingerprint density at radius 3 is 1.95 bits per heavy atom. The van der Waals surface area contributed by atoms with Crippen LogP contribution in [-0.2, 0) is 24.5 Å². The van der Waals surface area contributed by atoms with Gasteiger partial charge in [-0.15, -0.1) is 0 Å². The van der Waals surface area contributed by atoms with Crippen LogP contribution in [0.2, 0.25) is 0 Å². The predicted molar refractivity (Wildman–Crippen MR) is 89.5 cm³/mol. The summed E-state index contributed by atoms with van der Waals surface area (Å²) in [6, 6.07) is 0. The molecule has 1 atom stereocenters. The van der Waals surface area contributed by atoms with Crippen LogP contribution in [0.25, 0.3) is 0 Å². The number of hydrogen-bond donors (Lipinski definition) is 0. The molecule has 0 N–H and O–H groups in total. The van der Waals surface area contributed by atoms with Gasteiger partial charge in [-0.2, -0.15) is 8.42 Å². The summed E-state index contributed by atoms with van der Waals surface area (Å²) in [6.07, 6.45) is 9.27. The van der Waals surface area contributed by atoms with Crippen LogP contribution < -0.4 is 0 Å². The lowest BCUT2D eigenvalue weighted by molar-refractivity contribution is -0.380. The van der Waals surface area contributed by atoms with E-state index in [4.69, 9.17) is 14.2 Å². The van der Waals surface area contributed by atoms with Crippen LogP contribution in [0.5, 0.6) is 0 Å². The highest BCUT2D eigenvalue weighted by molar-refractivity contribution is 7.71. The summed E-state index contributed by atoms with van der Waals surface area (Å²) >= 11 is 0. The summed E-state index contributed by atoms with van der Waals surface area (Å²) in [4.78, 5) is 0. The van der Waals surface area contributed by atoms with Gasteiger partial charge >= 0.3 is 0 Å². The topological polar surface area (TPSA) is 61.8 Å². The maximum atomic E-state index is 10.7. The zero-order valence-electron chi connectivity index (χ0n) is 14.5. The Bertz CT molecular complexity index is 371. The molecule has 0 amide bonds. The first-order valence-corrected chi connectivity index (χ1v) is 9.26. The number of unbranched alkanes of at least 4 members (excludes halogenated alkanes) is 5. The summed E-state index contributed by atoms with van der Waals surface area (Å²) in [5.41, 5.74) is 0. The fraction of sp³-hybridized carbons (Fsp3) is 0.938. The van der Waals surface area contributed by atoms with Crippen molar-refractivity contribution in [3.63, 3.8) is 0 Å². The Morgan fingerprint density at radius 1 is 0.909 bits per heavy atom. The van der Waals surface area contributed by atoms with Crippen molar-refractivity contribution in [1.29, 1.82) is 0 Å². The standard InChI is InChI=1S/C16H32O5S/c1-5-6-7-8-9-10-12-15(13-11-14-22(17)18)16(19-2,20-3)21-4/h14-15H,5-13H2,1-4H3. The average molecular weight is 336 g/mol. The lowest BCUT2D eigenvalue weighted by atomic mass is 9.93. The molecular formula is C16H32O5S. The normalized spacial score (nSPS) is 13.1. The van der Waals surface area contributed by atoms with Crippen molar-refractivity contribution in [3.8, 4) is 0 Å². The smallest absolute Gasteiger partial charge is 0.285 e. The van der Waals surface area contributed by atoms with Gasteiger partial charge < -0.3 is 14.2 Å². The lowest BCUT2D eigenvalue weighted by Crippen LogP contribution is -2.44. The van der Waals surface area contributed by atoms with E-state index in [0.29, 0.717) is 12.8 Å². The Balaban J connectivity index is 4.54. The molecule has 0 radical (unpaired) electrons. The highest BCUT2D eigenvalue weighted by Crippen LogP contribution is 2.32. The van der Waals surface area contributed by atoms with Gasteiger partial charge in [0.25, 0.3) is 5.97 Å². The largest absolute Gasteiger partial charge is 0.331 e.